The van der Waals surface area contributed by atoms with Crippen LogP contribution in [0.5, 0.6) is 5.75 Å². The van der Waals surface area contributed by atoms with Crippen molar-refractivity contribution in [3.05, 3.63) is 71.4 Å². The topological polar surface area (TPSA) is 49.9 Å². The highest BCUT2D eigenvalue weighted by atomic mass is 16.5. The molecule has 1 saturated heterocycles. The van der Waals surface area contributed by atoms with Crippen LogP contribution in [0.2, 0.25) is 0 Å². The second-order valence-electron chi connectivity index (χ2n) is 7.80. The molecule has 1 fully saturated rings. The van der Waals surface area contributed by atoms with Crippen molar-refractivity contribution in [1.29, 1.82) is 0 Å². The van der Waals surface area contributed by atoms with E-state index in [1.54, 1.807) is 7.11 Å². The van der Waals surface area contributed by atoms with Gasteiger partial charge in [-0.2, -0.15) is 0 Å². The predicted octanol–water partition coefficient (Wildman–Crippen LogP) is 3.71. The minimum Gasteiger partial charge on any atom is -0.497 e. The third-order valence-electron chi connectivity index (χ3n) is 5.81. The van der Waals surface area contributed by atoms with E-state index in [2.05, 4.69) is 11.8 Å². The highest BCUT2D eigenvalue weighted by Crippen LogP contribution is 2.34. The third-order valence-corrected chi connectivity index (χ3v) is 5.81. The normalized spacial score (nSPS) is 18.0. The summed E-state index contributed by atoms with van der Waals surface area (Å²) in [5, 5.41) is 0. The number of carbonyl (C=O) groups excluding carboxylic acids is 2. The van der Waals surface area contributed by atoms with Crippen LogP contribution in [0, 0.1) is 5.92 Å². The second-order valence-corrected chi connectivity index (χ2v) is 7.80. The Bertz CT molecular complexity index is 926. The number of benzene rings is 2. The Kier molecular flexibility index (Phi) is 5.38. The number of ether oxygens (including phenoxy) is 1. The first-order chi connectivity index (χ1) is 14.1. The zero-order valence-corrected chi connectivity index (χ0v) is 16.9. The molecule has 2 heterocycles. The highest BCUT2D eigenvalue weighted by Gasteiger charge is 2.41. The molecule has 0 radical (unpaired) electrons. The quantitative estimate of drug-likeness (QED) is 0.731. The van der Waals surface area contributed by atoms with Gasteiger partial charge in [-0.15, -0.1) is 0 Å². The molecule has 150 valence electrons. The molecule has 0 bridgehead atoms. The SMILES string of the molecule is COc1ccc(CN2C(=O)C(c3ccccc3)=C(N3CCC(C)CC3)C2=O)cc1. The number of likely N-dealkylation sites (tertiary alicyclic amines) is 1. The van der Waals surface area contributed by atoms with E-state index in [0.717, 1.165) is 42.8 Å². The molecular formula is C24H26N2O3. The summed E-state index contributed by atoms with van der Waals surface area (Å²) in [6, 6.07) is 17.0. The van der Waals surface area contributed by atoms with E-state index < -0.39 is 0 Å². The van der Waals surface area contributed by atoms with Gasteiger partial charge in [0, 0.05) is 13.1 Å². The zero-order valence-electron chi connectivity index (χ0n) is 16.9. The van der Waals surface area contributed by atoms with Gasteiger partial charge < -0.3 is 9.64 Å². The first-order valence-corrected chi connectivity index (χ1v) is 10.1. The Morgan fingerprint density at radius 2 is 1.59 bits per heavy atom. The fourth-order valence-electron chi connectivity index (χ4n) is 4.01. The fourth-order valence-corrected chi connectivity index (χ4v) is 4.01. The summed E-state index contributed by atoms with van der Waals surface area (Å²) in [5.41, 5.74) is 2.78. The zero-order chi connectivity index (χ0) is 20.4. The number of piperidine rings is 1. The van der Waals surface area contributed by atoms with E-state index >= 15 is 0 Å². The largest absolute Gasteiger partial charge is 0.497 e. The first kappa shape index (κ1) is 19.2. The molecule has 2 aliphatic rings. The molecule has 2 aromatic rings. The maximum atomic E-state index is 13.4. The molecule has 0 atom stereocenters. The minimum atomic E-state index is -0.217. The lowest BCUT2D eigenvalue weighted by Gasteiger charge is -2.32. The van der Waals surface area contributed by atoms with Crippen LogP contribution in [0.4, 0.5) is 0 Å². The molecule has 4 rings (SSSR count). The monoisotopic (exact) mass is 390 g/mol. The Morgan fingerprint density at radius 1 is 0.931 bits per heavy atom. The van der Waals surface area contributed by atoms with Crippen molar-refractivity contribution in [3.63, 3.8) is 0 Å². The van der Waals surface area contributed by atoms with Gasteiger partial charge in [-0.1, -0.05) is 49.4 Å². The molecule has 2 amide bonds. The van der Waals surface area contributed by atoms with Crippen LogP contribution in [-0.2, 0) is 16.1 Å². The van der Waals surface area contributed by atoms with E-state index in [1.165, 1.54) is 4.90 Å². The van der Waals surface area contributed by atoms with E-state index in [4.69, 9.17) is 4.74 Å². The Labute approximate surface area is 171 Å². The summed E-state index contributed by atoms with van der Waals surface area (Å²) in [6.07, 6.45) is 2.07. The number of imide groups is 1. The number of methoxy groups -OCH3 is 1. The van der Waals surface area contributed by atoms with Crippen molar-refractivity contribution < 1.29 is 14.3 Å². The van der Waals surface area contributed by atoms with E-state index in [0.29, 0.717) is 17.2 Å². The van der Waals surface area contributed by atoms with Crippen molar-refractivity contribution in [2.75, 3.05) is 20.2 Å². The van der Waals surface area contributed by atoms with Crippen molar-refractivity contribution in [2.45, 2.75) is 26.3 Å². The van der Waals surface area contributed by atoms with Gasteiger partial charge in [0.2, 0.25) is 0 Å². The molecule has 0 aliphatic carbocycles. The van der Waals surface area contributed by atoms with Gasteiger partial charge in [0.05, 0.1) is 19.2 Å². The Balaban J connectivity index is 1.67. The van der Waals surface area contributed by atoms with Gasteiger partial charge in [-0.3, -0.25) is 14.5 Å². The lowest BCUT2D eigenvalue weighted by atomic mass is 9.97. The number of amides is 2. The number of nitrogens with zero attached hydrogens (tertiary/aromatic N) is 2. The molecule has 0 aromatic heterocycles. The van der Waals surface area contributed by atoms with Gasteiger partial charge in [-0.25, -0.2) is 0 Å². The fraction of sp³-hybridized carbons (Fsp3) is 0.333. The van der Waals surface area contributed by atoms with Gasteiger partial charge in [0.1, 0.15) is 11.4 Å². The summed E-state index contributed by atoms with van der Waals surface area (Å²) in [4.78, 5) is 30.2. The molecule has 0 saturated carbocycles. The van der Waals surface area contributed by atoms with Crippen LogP contribution in [0.25, 0.3) is 5.57 Å². The third kappa shape index (κ3) is 3.77. The summed E-state index contributed by atoms with van der Waals surface area (Å²) in [6.45, 7) is 4.11. The summed E-state index contributed by atoms with van der Waals surface area (Å²) < 4.78 is 5.20. The number of hydrogen-bond donors (Lipinski definition) is 0. The molecule has 0 unspecified atom stereocenters. The van der Waals surface area contributed by atoms with Crippen molar-refractivity contribution in [1.82, 2.24) is 9.80 Å². The van der Waals surface area contributed by atoms with Crippen LogP contribution in [0.15, 0.2) is 60.3 Å². The Morgan fingerprint density at radius 3 is 2.21 bits per heavy atom. The van der Waals surface area contributed by atoms with Gasteiger partial charge in [0.25, 0.3) is 11.8 Å². The highest BCUT2D eigenvalue weighted by molar-refractivity contribution is 6.35. The van der Waals surface area contributed by atoms with Gasteiger partial charge in [-0.05, 0) is 42.0 Å². The summed E-state index contributed by atoms with van der Waals surface area (Å²) in [5.74, 6) is 0.985. The molecule has 5 heteroatoms. The molecule has 0 spiro atoms. The molecule has 5 nitrogen and oxygen atoms in total. The molecule has 2 aliphatic heterocycles. The van der Waals surface area contributed by atoms with E-state index in [9.17, 15) is 9.59 Å². The maximum Gasteiger partial charge on any atom is 0.278 e. The minimum absolute atomic E-state index is 0.195. The molecule has 0 N–H and O–H groups in total. The van der Waals surface area contributed by atoms with Crippen LogP contribution >= 0.6 is 0 Å². The number of carbonyl (C=O) groups is 2. The predicted molar refractivity (Wildman–Crippen MR) is 112 cm³/mol. The van der Waals surface area contributed by atoms with Crippen molar-refractivity contribution >= 4 is 17.4 Å². The summed E-state index contributed by atoms with van der Waals surface area (Å²) in [7, 11) is 1.62. The lowest BCUT2D eigenvalue weighted by Crippen LogP contribution is -2.38. The molecule has 2 aromatic carbocycles. The van der Waals surface area contributed by atoms with E-state index in [1.807, 2.05) is 54.6 Å². The smallest absolute Gasteiger partial charge is 0.278 e. The van der Waals surface area contributed by atoms with Crippen LogP contribution in [0.1, 0.15) is 30.9 Å². The lowest BCUT2D eigenvalue weighted by molar-refractivity contribution is -0.138. The van der Waals surface area contributed by atoms with Crippen molar-refractivity contribution in [2.24, 2.45) is 5.92 Å². The van der Waals surface area contributed by atoms with Crippen molar-refractivity contribution in [3.8, 4) is 5.75 Å². The Hall–Kier alpha value is -3.08. The average Bonchev–Trinajstić information content (AvgIpc) is 3.00. The average molecular weight is 390 g/mol. The number of hydrogen-bond acceptors (Lipinski definition) is 4. The first-order valence-electron chi connectivity index (χ1n) is 10.1. The maximum absolute atomic E-state index is 13.4. The van der Waals surface area contributed by atoms with Crippen LogP contribution in [-0.4, -0.2) is 41.8 Å². The molecular weight excluding hydrogens is 364 g/mol. The standard InChI is InChI=1S/C24H26N2O3/c1-17-12-14-25(15-13-17)22-21(19-6-4-3-5-7-19)23(27)26(24(22)28)16-18-8-10-20(29-2)11-9-18/h3-11,17H,12-16H2,1-2H3. The van der Waals surface area contributed by atoms with E-state index in [-0.39, 0.29) is 18.4 Å². The van der Waals surface area contributed by atoms with Crippen LogP contribution < -0.4 is 4.74 Å². The second kappa shape index (κ2) is 8.11. The molecule has 29 heavy (non-hydrogen) atoms. The van der Waals surface area contributed by atoms with Gasteiger partial charge in [0.15, 0.2) is 0 Å². The number of rotatable bonds is 5. The van der Waals surface area contributed by atoms with Gasteiger partial charge >= 0.3 is 0 Å². The van der Waals surface area contributed by atoms with Crippen LogP contribution in [0.3, 0.4) is 0 Å². The summed E-state index contributed by atoms with van der Waals surface area (Å²) >= 11 is 0.